The Morgan fingerprint density at radius 1 is 1.18 bits per heavy atom. The van der Waals surface area contributed by atoms with Gasteiger partial charge in [-0.2, -0.15) is 4.98 Å². The van der Waals surface area contributed by atoms with E-state index < -0.39 is 0 Å². The van der Waals surface area contributed by atoms with Crippen molar-refractivity contribution in [1.82, 2.24) is 15.1 Å². The zero-order valence-electron chi connectivity index (χ0n) is 23.1. The lowest BCUT2D eigenvalue weighted by molar-refractivity contribution is 0.0683. The van der Waals surface area contributed by atoms with Crippen LogP contribution in [-0.2, 0) is 12.8 Å². The van der Waals surface area contributed by atoms with Gasteiger partial charge < -0.3 is 14.6 Å². The minimum absolute atomic E-state index is 0.219. The Labute approximate surface area is 235 Å². The average molecular weight is 555 g/mol. The van der Waals surface area contributed by atoms with E-state index >= 15 is 0 Å². The number of benzene rings is 1. The molecule has 3 aliphatic carbocycles. The highest BCUT2D eigenvalue weighted by molar-refractivity contribution is 7.98. The van der Waals surface area contributed by atoms with Crippen LogP contribution in [0.1, 0.15) is 81.6 Å². The molecule has 4 unspecified atom stereocenters. The molecule has 0 spiro atoms. The predicted octanol–water partition coefficient (Wildman–Crippen LogP) is 8.39. The van der Waals surface area contributed by atoms with Gasteiger partial charge in [0.15, 0.2) is 5.82 Å². The largest absolute Gasteiger partial charge is 0.489 e. The summed E-state index contributed by atoms with van der Waals surface area (Å²) >= 11 is 8.24. The van der Waals surface area contributed by atoms with Crippen LogP contribution in [0.25, 0.3) is 0 Å². The third-order valence-electron chi connectivity index (χ3n) is 8.40. The van der Waals surface area contributed by atoms with Crippen LogP contribution in [0.2, 0.25) is 5.02 Å². The highest BCUT2D eigenvalue weighted by Gasteiger charge is 2.40. The molecule has 1 N–H and O–H groups in total. The summed E-state index contributed by atoms with van der Waals surface area (Å²) in [6.45, 7) is 8.48. The molecular formula is C30H39ClN4O2S. The number of fused-ring (bicyclic) bond motifs is 4. The van der Waals surface area contributed by atoms with Crippen LogP contribution in [-0.4, -0.2) is 27.5 Å². The second kappa shape index (κ2) is 11.9. The number of aromatic nitrogens is 3. The lowest BCUT2D eigenvalue weighted by Gasteiger charge is -2.35. The fourth-order valence-corrected chi connectivity index (χ4v) is 6.79. The van der Waals surface area contributed by atoms with Crippen LogP contribution < -0.4 is 10.1 Å². The van der Waals surface area contributed by atoms with Crippen molar-refractivity contribution in [2.24, 2.45) is 17.8 Å². The number of pyridine rings is 1. The zero-order valence-corrected chi connectivity index (χ0v) is 24.7. The highest BCUT2D eigenvalue weighted by Crippen LogP contribution is 2.46. The Morgan fingerprint density at radius 2 is 1.97 bits per heavy atom. The molecule has 0 aliphatic heterocycles. The van der Waals surface area contributed by atoms with Crippen molar-refractivity contribution in [1.29, 1.82) is 0 Å². The number of thioether (sulfide) groups is 1. The van der Waals surface area contributed by atoms with E-state index in [4.69, 9.17) is 25.8 Å². The molecule has 0 amide bonds. The number of hydrogen-bond acceptors (Lipinski definition) is 7. The van der Waals surface area contributed by atoms with Gasteiger partial charge in [0.2, 0.25) is 5.89 Å². The van der Waals surface area contributed by atoms with E-state index in [1.807, 2.05) is 24.6 Å². The van der Waals surface area contributed by atoms with Crippen molar-refractivity contribution in [2.75, 3.05) is 11.6 Å². The summed E-state index contributed by atoms with van der Waals surface area (Å²) < 4.78 is 12.5. The van der Waals surface area contributed by atoms with Gasteiger partial charge in [0.25, 0.3) is 0 Å². The molecule has 38 heavy (non-hydrogen) atoms. The van der Waals surface area contributed by atoms with Gasteiger partial charge in [-0.05, 0) is 87.7 Å². The Hall–Kier alpha value is -2.25. The molecule has 3 saturated carbocycles. The van der Waals surface area contributed by atoms with Gasteiger partial charge in [-0.15, -0.1) is 11.8 Å². The second-order valence-electron chi connectivity index (χ2n) is 11.1. The lowest BCUT2D eigenvalue weighted by atomic mass is 9.77. The first kappa shape index (κ1) is 27.3. The minimum atomic E-state index is 0.219. The number of ether oxygens (including phenoxy) is 1. The summed E-state index contributed by atoms with van der Waals surface area (Å²) in [5.41, 5.74) is 3.05. The standard InChI is InChI=1S/C30H39ClN4O2S/c1-6-19-16-32-30(33-25-12-11-23(38-5)15-24(25)31)18(4)28(19)36-26-13-21-9-7-20(26)8-10-22(21)14-27-34-29(17(2)3)35-37-27/h11-12,15-17,20-22,26H,6-10,13-14H2,1-5H3,(H,32,33). The Kier molecular flexibility index (Phi) is 8.53. The fourth-order valence-electron chi connectivity index (χ4n) is 6.06. The maximum absolute atomic E-state index is 6.93. The van der Waals surface area contributed by atoms with E-state index in [0.717, 1.165) is 64.3 Å². The summed E-state index contributed by atoms with van der Waals surface area (Å²) in [6.07, 6.45) is 11.9. The SMILES string of the molecule is CCc1cnc(Nc2ccc(SC)cc2Cl)c(C)c1OC1CC2CCC1CCC2Cc1nc(C(C)C)no1. The number of nitrogens with one attached hydrogen (secondary N) is 1. The van der Waals surface area contributed by atoms with Crippen LogP contribution in [0, 0.1) is 24.7 Å². The molecule has 204 valence electrons. The first-order chi connectivity index (χ1) is 18.4. The van der Waals surface area contributed by atoms with Crippen molar-refractivity contribution in [3.63, 3.8) is 0 Å². The summed E-state index contributed by atoms with van der Waals surface area (Å²) in [6, 6.07) is 6.07. The van der Waals surface area contributed by atoms with E-state index in [0.29, 0.717) is 22.8 Å². The van der Waals surface area contributed by atoms with Gasteiger partial charge in [-0.25, -0.2) is 4.98 Å². The Morgan fingerprint density at radius 3 is 2.68 bits per heavy atom. The molecule has 4 atom stereocenters. The molecular weight excluding hydrogens is 516 g/mol. The second-order valence-corrected chi connectivity index (χ2v) is 12.4. The minimum Gasteiger partial charge on any atom is -0.489 e. The van der Waals surface area contributed by atoms with Crippen LogP contribution in [0.3, 0.4) is 0 Å². The van der Waals surface area contributed by atoms with Crippen molar-refractivity contribution in [3.05, 3.63) is 52.3 Å². The summed E-state index contributed by atoms with van der Waals surface area (Å²) in [5, 5.41) is 8.33. The van der Waals surface area contributed by atoms with Crippen molar-refractivity contribution in [3.8, 4) is 5.75 Å². The molecule has 0 saturated heterocycles. The molecule has 8 heteroatoms. The van der Waals surface area contributed by atoms with Crippen molar-refractivity contribution in [2.45, 2.75) is 89.6 Å². The van der Waals surface area contributed by atoms with E-state index in [1.54, 1.807) is 11.8 Å². The molecule has 3 aliphatic rings. The lowest BCUT2D eigenvalue weighted by Crippen LogP contribution is -2.34. The normalized spacial score (nSPS) is 23.0. The van der Waals surface area contributed by atoms with E-state index in [-0.39, 0.29) is 12.0 Å². The van der Waals surface area contributed by atoms with Gasteiger partial charge in [0.05, 0.1) is 10.7 Å². The number of aryl methyl sites for hydroxylation is 1. The predicted molar refractivity (Wildman–Crippen MR) is 155 cm³/mol. The number of rotatable bonds is 9. The Balaban J connectivity index is 1.33. The van der Waals surface area contributed by atoms with Crippen molar-refractivity contribution >= 4 is 34.9 Å². The molecule has 2 heterocycles. The third kappa shape index (κ3) is 5.84. The quantitative estimate of drug-likeness (QED) is 0.266. The summed E-state index contributed by atoms with van der Waals surface area (Å²) in [4.78, 5) is 10.5. The summed E-state index contributed by atoms with van der Waals surface area (Å²) in [7, 11) is 0. The van der Waals surface area contributed by atoms with Gasteiger partial charge in [-0.1, -0.05) is 37.5 Å². The van der Waals surface area contributed by atoms with E-state index in [1.165, 1.54) is 25.7 Å². The highest BCUT2D eigenvalue weighted by atomic mass is 35.5. The Bertz CT molecular complexity index is 1260. The van der Waals surface area contributed by atoms with Crippen LogP contribution in [0.4, 0.5) is 11.5 Å². The molecule has 6 nitrogen and oxygen atoms in total. The number of nitrogens with zero attached hydrogens (tertiary/aromatic N) is 3. The molecule has 3 aromatic rings. The maximum atomic E-state index is 6.93. The van der Waals surface area contributed by atoms with Crippen LogP contribution in [0.15, 0.2) is 33.8 Å². The molecule has 6 rings (SSSR count). The number of halogens is 1. The monoisotopic (exact) mass is 554 g/mol. The number of anilines is 2. The molecule has 2 aromatic heterocycles. The first-order valence-electron chi connectivity index (χ1n) is 13.9. The number of hydrogen-bond donors (Lipinski definition) is 1. The average Bonchev–Trinajstić information content (AvgIpc) is 3.23. The van der Waals surface area contributed by atoms with E-state index in [9.17, 15) is 0 Å². The van der Waals surface area contributed by atoms with Crippen LogP contribution >= 0.6 is 23.4 Å². The van der Waals surface area contributed by atoms with Gasteiger partial charge in [0.1, 0.15) is 17.7 Å². The zero-order chi connectivity index (χ0) is 26.8. The molecule has 1 aromatic carbocycles. The molecule has 3 fully saturated rings. The van der Waals surface area contributed by atoms with Gasteiger partial charge >= 0.3 is 0 Å². The fraction of sp³-hybridized carbons (Fsp3) is 0.567. The first-order valence-corrected chi connectivity index (χ1v) is 15.5. The van der Waals surface area contributed by atoms with Crippen LogP contribution in [0.5, 0.6) is 5.75 Å². The smallest absolute Gasteiger partial charge is 0.226 e. The molecule has 0 radical (unpaired) electrons. The topological polar surface area (TPSA) is 73.1 Å². The maximum Gasteiger partial charge on any atom is 0.226 e. The third-order valence-corrected chi connectivity index (χ3v) is 9.44. The molecule has 2 bridgehead atoms. The van der Waals surface area contributed by atoms with Gasteiger partial charge in [-0.3, -0.25) is 0 Å². The summed E-state index contributed by atoms with van der Waals surface area (Å²) in [5.74, 6) is 5.43. The van der Waals surface area contributed by atoms with Crippen molar-refractivity contribution < 1.29 is 9.26 Å². The van der Waals surface area contributed by atoms with E-state index in [2.05, 4.69) is 49.2 Å². The van der Waals surface area contributed by atoms with Gasteiger partial charge in [0, 0.05) is 34.6 Å².